The number of benzene rings is 2. The van der Waals surface area contributed by atoms with Gasteiger partial charge in [-0.25, -0.2) is 4.90 Å². The summed E-state index contributed by atoms with van der Waals surface area (Å²) in [6.45, 7) is 0. The number of ether oxygens (including phenoxy) is 1. The second kappa shape index (κ2) is 4.52. The van der Waals surface area contributed by atoms with E-state index in [1.807, 2.05) is 0 Å². The van der Waals surface area contributed by atoms with Crippen LogP contribution in [0.15, 0.2) is 36.4 Å². The molecular formula is C15H13N3O3. The van der Waals surface area contributed by atoms with Gasteiger partial charge >= 0.3 is 0 Å². The minimum absolute atomic E-state index is 0.287. The molecule has 2 aromatic rings. The lowest BCUT2D eigenvalue weighted by molar-refractivity contribution is 0.0926. The molecule has 0 atom stereocenters. The number of amides is 2. The molecule has 106 valence electrons. The minimum Gasteiger partial charge on any atom is -0.497 e. The van der Waals surface area contributed by atoms with E-state index in [-0.39, 0.29) is 11.3 Å². The average molecular weight is 283 g/mol. The Balaban J connectivity index is 2.10. The lowest BCUT2D eigenvalue weighted by atomic mass is 10.1. The maximum absolute atomic E-state index is 12.4. The molecule has 0 radical (unpaired) electrons. The van der Waals surface area contributed by atoms with Crippen LogP contribution in [0, 0.1) is 0 Å². The van der Waals surface area contributed by atoms with Crippen LogP contribution in [0.3, 0.4) is 0 Å². The fourth-order valence-electron chi connectivity index (χ4n) is 2.34. The maximum atomic E-state index is 12.4. The van der Waals surface area contributed by atoms with Crippen molar-refractivity contribution in [3.8, 4) is 5.75 Å². The zero-order chi connectivity index (χ0) is 15.1. The monoisotopic (exact) mass is 283 g/mol. The van der Waals surface area contributed by atoms with Gasteiger partial charge in [-0.05, 0) is 30.3 Å². The van der Waals surface area contributed by atoms with Gasteiger partial charge in [0.2, 0.25) is 0 Å². The van der Waals surface area contributed by atoms with Gasteiger partial charge < -0.3 is 16.2 Å². The lowest BCUT2D eigenvalue weighted by Crippen LogP contribution is -2.30. The van der Waals surface area contributed by atoms with Gasteiger partial charge in [-0.15, -0.1) is 0 Å². The lowest BCUT2D eigenvalue weighted by Gasteiger charge is -2.16. The van der Waals surface area contributed by atoms with Crippen molar-refractivity contribution in [3.63, 3.8) is 0 Å². The Morgan fingerprint density at radius 3 is 2.33 bits per heavy atom. The Bertz CT molecular complexity index is 771. The zero-order valence-electron chi connectivity index (χ0n) is 11.3. The van der Waals surface area contributed by atoms with Gasteiger partial charge in [-0.3, -0.25) is 9.59 Å². The van der Waals surface area contributed by atoms with Crippen molar-refractivity contribution in [3.05, 3.63) is 47.5 Å². The summed E-state index contributed by atoms with van der Waals surface area (Å²) in [4.78, 5) is 25.9. The summed E-state index contributed by atoms with van der Waals surface area (Å²) in [5, 5.41) is 0. The first-order valence-electron chi connectivity index (χ1n) is 6.24. The van der Waals surface area contributed by atoms with E-state index >= 15 is 0 Å². The molecule has 1 aliphatic rings. The van der Waals surface area contributed by atoms with Crippen LogP contribution in [0.5, 0.6) is 5.75 Å². The van der Waals surface area contributed by atoms with Crippen LogP contribution in [0.4, 0.5) is 17.1 Å². The second-order valence-electron chi connectivity index (χ2n) is 4.68. The predicted octanol–water partition coefficient (Wildman–Crippen LogP) is 1.66. The molecule has 1 aliphatic heterocycles. The van der Waals surface area contributed by atoms with Crippen molar-refractivity contribution < 1.29 is 14.3 Å². The van der Waals surface area contributed by atoms with Crippen LogP contribution in [0.25, 0.3) is 0 Å². The molecule has 1 heterocycles. The largest absolute Gasteiger partial charge is 0.497 e. The SMILES string of the molecule is COc1ccc(N2C(=O)c3ccc(N)cc3C2=O)c(N)c1. The van der Waals surface area contributed by atoms with Crippen molar-refractivity contribution in [2.75, 3.05) is 23.5 Å². The normalized spacial score (nSPS) is 13.5. The fraction of sp³-hybridized carbons (Fsp3) is 0.0667. The first kappa shape index (κ1) is 13.0. The third-order valence-electron chi connectivity index (χ3n) is 3.39. The van der Waals surface area contributed by atoms with Crippen LogP contribution in [0.1, 0.15) is 20.7 Å². The Morgan fingerprint density at radius 2 is 1.67 bits per heavy atom. The van der Waals surface area contributed by atoms with E-state index in [4.69, 9.17) is 16.2 Å². The summed E-state index contributed by atoms with van der Waals surface area (Å²) in [6, 6.07) is 9.42. The van der Waals surface area contributed by atoms with Gasteiger partial charge in [-0.2, -0.15) is 0 Å². The minimum atomic E-state index is -0.431. The van der Waals surface area contributed by atoms with Crippen LogP contribution in [-0.2, 0) is 0 Å². The standard InChI is InChI=1S/C15H13N3O3/c1-21-9-3-5-13(12(17)7-9)18-14(19)10-4-2-8(16)6-11(10)15(18)20/h2-7H,16-17H2,1H3. The summed E-state index contributed by atoms with van der Waals surface area (Å²) < 4.78 is 5.06. The van der Waals surface area contributed by atoms with Gasteiger partial charge in [0.1, 0.15) is 5.75 Å². The highest BCUT2D eigenvalue weighted by Gasteiger charge is 2.37. The smallest absolute Gasteiger partial charge is 0.266 e. The summed E-state index contributed by atoms with van der Waals surface area (Å²) in [5.74, 6) is -0.289. The molecule has 21 heavy (non-hydrogen) atoms. The van der Waals surface area contributed by atoms with Crippen molar-refractivity contribution in [2.45, 2.75) is 0 Å². The Hall–Kier alpha value is -3.02. The van der Waals surface area contributed by atoms with E-state index in [1.165, 1.54) is 13.2 Å². The molecule has 0 spiro atoms. The van der Waals surface area contributed by atoms with Crippen molar-refractivity contribution in [1.29, 1.82) is 0 Å². The van der Waals surface area contributed by atoms with Crippen LogP contribution < -0.4 is 21.1 Å². The topological polar surface area (TPSA) is 98.6 Å². The number of fused-ring (bicyclic) bond motifs is 1. The third-order valence-corrected chi connectivity index (χ3v) is 3.39. The van der Waals surface area contributed by atoms with Crippen LogP contribution >= 0.6 is 0 Å². The highest BCUT2D eigenvalue weighted by atomic mass is 16.5. The van der Waals surface area contributed by atoms with E-state index < -0.39 is 11.8 Å². The number of imide groups is 1. The number of carbonyl (C=O) groups excluding carboxylic acids is 2. The van der Waals surface area contributed by atoms with E-state index in [2.05, 4.69) is 0 Å². The number of nitrogens with zero attached hydrogens (tertiary/aromatic N) is 1. The first-order chi connectivity index (χ1) is 10.0. The number of hydrogen-bond acceptors (Lipinski definition) is 5. The number of rotatable bonds is 2. The first-order valence-corrected chi connectivity index (χ1v) is 6.24. The van der Waals surface area contributed by atoms with E-state index in [0.717, 1.165) is 4.90 Å². The zero-order valence-corrected chi connectivity index (χ0v) is 11.3. The van der Waals surface area contributed by atoms with Gasteiger partial charge in [0.25, 0.3) is 11.8 Å². The number of carbonyl (C=O) groups is 2. The Labute approximate surface area is 120 Å². The van der Waals surface area contributed by atoms with Gasteiger partial charge in [0.15, 0.2) is 0 Å². The molecule has 6 heteroatoms. The molecule has 0 aromatic heterocycles. The van der Waals surface area contributed by atoms with Gasteiger partial charge in [0, 0.05) is 11.8 Å². The molecule has 0 bridgehead atoms. The van der Waals surface area contributed by atoms with Crippen molar-refractivity contribution in [1.82, 2.24) is 0 Å². The van der Waals surface area contributed by atoms with Crippen LogP contribution in [0.2, 0.25) is 0 Å². The second-order valence-corrected chi connectivity index (χ2v) is 4.68. The molecule has 2 amide bonds. The fourth-order valence-corrected chi connectivity index (χ4v) is 2.34. The number of anilines is 3. The van der Waals surface area contributed by atoms with Gasteiger partial charge in [0.05, 0.1) is 29.6 Å². The summed E-state index contributed by atoms with van der Waals surface area (Å²) in [5.41, 5.74) is 13.2. The molecule has 0 aliphatic carbocycles. The molecule has 0 saturated heterocycles. The highest BCUT2D eigenvalue weighted by Crippen LogP contribution is 2.34. The number of methoxy groups -OCH3 is 1. The summed E-state index contributed by atoms with van der Waals surface area (Å²) in [6.07, 6.45) is 0. The van der Waals surface area contributed by atoms with Crippen LogP contribution in [-0.4, -0.2) is 18.9 Å². The third kappa shape index (κ3) is 1.88. The molecule has 0 unspecified atom stereocenters. The molecule has 6 nitrogen and oxygen atoms in total. The molecule has 3 rings (SSSR count). The molecule has 4 N–H and O–H groups in total. The molecular weight excluding hydrogens is 270 g/mol. The number of hydrogen-bond donors (Lipinski definition) is 2. The summed E-state index contributed by atoms with van der Waals surface area (Å²) in [7, 11) is 1.51. The molecule has 0 fully saturated rings. The van der Waals surface area contributed by atoms with Gasteiger partial charge in [-0.1, -0.05) is 0 Å². The molecule has 0 saturated carbocycles. The van der Waals surface area contributed by atoms with E-state index in [1.54, 1.807) is 30.3 Å². The summed E-state index contributed by atoms with van der Waals surface area (Å²) >= 11 is 0. The average Bonchev–Trinajstić information content (AvgIpc) is 2.71. The van der Waals surface area contributed by atoms with E-state index in [9.17, 15) is 9.59 Å². The van der Waals surface area contributed by atoms with Crippen molar-refractivity contribution >= 4 is 28.9 Å². The van der Waals surface area contributed by atoms with Crippen molar-refractivity contribution in [2.24, 2.45) is 0 Å². The molecule has 2 aromatic carbocycles. The maximum Gasteiger partial charge on any atom is 0.266 e. The number of nitrogen functional groups attached to an aromatic ring is 2. The quantitative estimate of drug-likeness (QED) is 0.645. The highest BCUT2D eigenvalue weighted by molar-refractivity contribution is 6.35. The van der Waals surface area contributed by atoms with E-state index in [0.29, 0.717) is 22.7 Å². The number of nitrogens with two attached hydrogens (primary N) is 2. The predicted molar refractivity (Wildman–Crippen MR) is 79.4 cm³/mol. The Kier molecular flexibility index (Phi) is 2.79. The Morgan fingerprint density at radius 1 is 0.952 bits per heavy atom.